The van der Waals surface area contributed by atoms with Crippen LogP contribution in [0.25, 0.3) is 0 Å². The maximum Gasteiger partial charge on any atom is 0.354 e. The first-order valence-electron chi connectivity index (χ1n) is 8.20. The molecule has 28 heavy (non-hydrogen) atoms. The van der Waals surface area contributed by atoms with E-state index in [4.69, 9.17) is 9.47 Å². The zero-order valence-electron chi connectivity index (χ0n) is 15.2. The number of amides is 1. The van der Waals surface area contributed by atoms with Gasteiger partial charge in [0.15, 0.2) is 17.2 Å². The molecular weight excluding hydrogens is 384 g/mol. The molecular formula is C18H18N4O5S. The molecule has 0 atom stereocenters. The highest BCUT2D eigenvalue weighted by Crippen LogP contribution is 2.29. The summed E-state index contributed by atoms with van der Waals surface area (Å²) < 4.78 is 12.3. The van der Waals surface area contributed by atoms with Crippen molar-refractivity contribution in [1.82, 2.24) is 20.1 Å². The molecule has 0 radical (unpaired) electrons. The molecule has 0 aliphatic rings. The fourth-order valence-corrected chi connectivity index (χ4v) is 3.10. The summed E-state index contributed by atoms with van der Waals surface area (Å²) in [6.07, 6.45) is 1.42. The van der Waals surface area contributed by atoms with E-state index in [1.54, 1.807) is 23.7 Å². The molecule has 1 aromatic carbocycles. The highest BCUT2D eigenvalue weighted by molar-refractivity contribution is 7.07. The number of nitrogens with zero attached hydrogens (tertiary/aromatic N) is 3. The Hall–Kier alpha value is -3.40. The van der Waals surface area contributed by atoms with Gasteiger partial charge in [0.25, 0.3) is 5.91 Å². The number of nitrogens with one attached hydrogen (secondary N) is 1. The van der Waals surface area contributed by atoms with Gasteiger partial charge in [-0.05, 0) is 18.2 Å². The van der Waals surface area contributed by atoms with Crippen molar-refractivity contribution in [2.24, 2.45) is 7.05 Å². The number of rotatable bonds is 8. The third-order valence-electron chi connectivity index (χ3n) is 3.94. The first-order chi connectivity index (χ1) is 13.5. The Morgan fingerprint density at radius 3 is 2.82 bits per heavy atom. The second-order valence-electron chi connectivity index (χ2n) is 5.76. The van der Waals surface area contributed by atoms with Gasteiger partial charge in [0.05, 0.1) is 24.5 Å². The lowest BCUT2D eigenvalue weighted by Crippen LogP contribution is -2.24. The van der Waals surface area contributed by atoms with Crippen LogP contribution in [0, 0.1) is 0 Å². The van der Waals surface area contributed by atoms with Crippen LogP contribution in [-0.4, -0.2) is 38.9 Å². The van der Waals surface area contributed by atoms with E-state index in [-0.39, 0.29) is 18.1 Å². The largest absolute Gasteiger partial charge is 0.493 e. The number of ether oxygens (including phenoxy) is 2. The lowest BCUT2D eigenvalue weighted by molar-refractivity contribution is 0.0682. The highest BCUT2D eigenvalue weighted by atomic mass is 32.1. The molecule has 9 nitrogen and oxygen atoms in total. The summed E-state index contributed by atoms with van der Waals surface area (Å²) >= 11 is 1.48. The van der Waals surface area contributed by atoms with Crippen molar-refractivity contribution in [3.8, 4) is 11.5 Å². The number of carbonyl (C=O) groups excluding carboxylic acids is 1. The number of thiazole rings is 1. The predicted octanol–water partition coefficient (Wildman–Crippen LogP) is 2.09. The minimum Gasteiger partial charge on any atom is -0.493 e. The van der Waals surface area contributed by atoms with Gasteiger partial charge in [-0.2, -0.15) is 5.10 Å². The van der Waals surface area contributed by atoms with E-state index < -0.39 is 5.97 Å². The fourth-order valence-electron chi connectivity index (χ4n) is 2.55. The molecule has 3 rings (SSSR count). The lowest BCUT2D eigenvalue weighted by atomic mass is 10.1. The summed E-state index contributed by atoms with van der Waals surface area (Å²) in [5.74, 6) is -0.569. The van der Waals surface area contributed by atoms with Crippen LogP contribution in [0.4, 0.5) is 0 Å². The molecule has 3 aromatic rings. The fraction of sp³-hybridized carbons (Fsp3) is 0.222. The Balaban J connectivity index is 1.67. The Labute approximate surface area is 164 Å². The van der Waals surface area contributed by atoms with Gasteiger partial charge in [-0.3, -0.25) is 9.48 Å². The maximum atomic E-state index is 12.4. The molecule has 146 valence electrons. The van der Waals surface area contributed by atoms with Gasteiger partial charge >= 0.3 is 5.97 Å². The Bertz CT molecular complexity index is 984. The summed E-state index contributed by atoms with van der Waals surface area (Å²) in [6.45, 7) is 0.336. The van der Waals surface area contributed by atoms with Crippen LogP contribution in [0.15, 0.2) is 35.3 Å². The molecule has 0 saturated carbocycles. The SMILES string of the molecule is COc1cc(C(=O)NCc2cnn(C)c2C(=O)O)ccc1OCc1cscn1. The number of benzene rings is 1. The van der Waals surface area contributed by atoms with Crippen molar-refractivity contribution >= 4 is 23.2 Å². The Morgan fingerprint density at radius 1 is 1.32 bits per heavy atom. The molecule has 2 aromatic heterocycles. The number of hydrogen-bond donors (Lipinski definition) is 2. The normalized spacial score (nSPS) is 10.5. The van der Waals surface area contributed by atoms with Crippen LogP contribution in [-0.2, 0) is 20.2 Å². The molecule has 0 spiro atoms. The van der Waals surface area contributed by atoms with Crippen molar-refractivity contribution < 1.29 is 24.2 Å². The molecule has 0 aliphatic heterocycles. The van der Waals surface area contributed by atoms with Crippen molar-refractivity contribution in [2.45, 2.75) is 13.2 Å². The lowest BCUT2D eigenvalue weighted by Gasteiger charge is -2.12. The van der Waals surface area contributed by atoms with Crippen LogP contribution < -0.4 is 14.8 Å². The van der Waals surface area contributed by atoms with Gasteiger partial charge in [0, 0.05) is 30.1 Å². The maximum absolute atomic E-state index is 12.4. The third-order valence-corrected chi connectivity index (χ3v) is 4.58. The van der Waals surface area contributed by atoms with Crippen molar-refractivity contribution in [3.63, 3.8) is 0 Å². The zero-order valence-corrected chi connectivity index (χ0v) is 16.0. The molecule has 0 bridgehead atoms. The monoisotopic (exact) mass is 402 g/mol. The van der Waals surface area contributed by atoms with Crippen molar-refractivity contribution in [3.05, 3.63) is 57.8 Å². The van der Waals surface area contributed by atoms with E-state index in [1.165, 1.54) is 36.4 Å². The van der Waals surface area contributed by atoms with Crippen LogP contribution >= 0.6 is 11.3 Å². The topological polar surface area (TPSA) is 116 Å². The molecule has 10 heteroatoms. The number of carboxylic acids is 1. The van der Waals surface area contributed by atoms with Gasteiger partial charge < -0.3 is 19.9 Å². The summed E-state index contributed by atoms with van der Waals surface area (Å²) in [6, 6.07) is 4.81. The first-order valence-corrected chi connectivity index (χ1v) is 9.14. The Kier molecular flexibility index (Phi) is 5.90. The predicted molar refractivity (Wildman–Crippen MR) is 101 cm³/mol. The summed E-state index contributed by atoms with van der Waals surface area (Å²) in [5.41, 5.74) is 3.34. The number of aromatic nitrogens is 3. The molecule has 0 fully saturated rings. The van der Waals surface area contributed by atoms with E-state index in [0.29, 0.717) is 29.2 Å². The van der Waals surface area contributed by atoms with Crippen molar-refractivity contribution in [1.29, 1.82) is 0 Å². The van der Waals surface area contributed by atoms with Gasteiger partial charge in [0.1, 0.15) is 6.61 Å². The van der Waals surface area contributed by atoms with E-state index in [2.05, 4.69) is 15.4 Å². The van der Waals surface area contributed by atoms with E-state index >= 15 is 0 Å². The van der Waals surface area contributed by atoms with Crippen LogP contribution in [0.2, 0.25) is 0 Å². The van der Waals surface area contributed by atoms with Gasteiger partial charge in [0.2, 0.25) is 0 Å². The number of carbonyl (C=O) groups is 2. The third kappa shape index (κ3) is 4.29. The average molecular weight is 402 g/mol. The van der Waals surface area contributed by atoms with E-state index in [1.807, 2.05) is 5.38 Å². The van der Waals surface area contributed by atoms with Gasteiger partial charge in [-0.25, -0.2) is 9.78 Å². The quantitative estimate of drug-likeness (QED) is 0.593. The highest BCUT2D eigenvalue weighted by Gasteiger charge is 2.17. The van der Waals surface area contributed by atoms with Crippen LogP contribution in [0.5, 0.6) is 11.5 Å². The molecule has 0 aliphatic carbocycles. The minimum atomic E-state index is -1.10. The minimum absolute atomic E-state index is 0.0312. The molecule has 0 unspecified atom stereocenters. The summed E-state index contributed by atoms with van der Waals surface area (Å²) in [5, 5.41) is 17.7. The Morgan fingerprint density at radius 2 is 2.14 bits per heavy atom. The first kappa shape index (κ1) is 19.4. The average Bonchev–Trinajstić information content (AvgIpc) is 3.33. The standard InChI is InChI=1S/C18H18N4O5S/c1-22-16(18(24)25)12(7-21-22)6-19-17(23)11-3-4-14(15(5-11)26-2)27-8-13-9-28-10-20-13/h3-5,7,9-10H,6,8H2,1-2H3,(H,19,23)(H,24,25). The number of aromatic carboxylic acids is 1. The van der Waals surface area contributed by atoms with Gasteiger partial charge in [-0.15, -0.1) is 11.3 Å². The summed E-state index contributed by atoms with van der Waals surface area (Å²) in [4.78, 5) is 27.9. The van der Waals surface area contributed by atoms with E-state index in [0.717, 1.165) is 5.69 Å². The smallest absolute Gasteiger partial charge is 0.354 e. The molecule has 2 N–H and O–H groups in total. The summed E-state index contributed by atoms with van der Waals surface area (Å²) in [7, 11) is 3.02. The molecule has 0 saturated heterocycles. The number of hydrogen-bond acceptors (Lipinski definition) is 7. The number of aryl methyl sites for hydroxylation is 1. The van der Waals surface area contributed by atoms with Crippen LogP contribution in [0.3, 0.4) is 0 Å². The molecule has 2 heterocycles. The van der Waals surface area contributed by atoms with Crippen LogP contribution in [0.1, 0.15) is 32.1 Å². The second kappa shape index (κ2) is 8.53. The number of carboxylic acid groups (broad SMARTS) is 1. The zero-order chi connectivity index (χ0) is 20.1. The van der Waals surface area contributed by atoms with Gasteiger partial charge in [-0.1, -0.05) is 0 Å². The van der Waals surface area contributed by atoms with Crippen molar-refractivity contribution in [2.75, 3.05) is 7.11 Å². The molecule has 1 amide bonds. The number of methoxy groups -OCH3 is 1. The van der Waals surface area contributed by atoms with E-state index in [9.17, 15) is 14.7 Å². The second-order valence-corrected chi connectivity index (χ2v) is 6.48.